The van der Waals surface area contributed by atoms with Crippen molar-refractivity contribution in [2.45, 2.75) is 52.7 Å². The van der Waals surface area contributed by atoms with Crippen molar-refractivity contribution in [2.24, 2.45) is 0 Å². The van der Waals surface area contributed by atoms with Crippen LogP contribution in [0.5, 0.6) is 0 Å². The van der Waals surface area contributed by atoms with Crippen molar-refractivity contribution in [3.63, 3.8) is 0 Å². The average molecular weight is 639 g/mol. The van der Waals surface area contributed by atoms with E-state index in [2.05, 4.69) is 19.9 Å². The van der Waals surface area contributed by atoms with Crippen LogP contribution >= 0.6 is 0 Å². The van der Waals surface area contributed by atoms with Crippen LogP contribution in [0.4, 0.5) is 9.59 Å². The fourth-order valence-corrected chi connectivity index (χ4v) is 4.14. The number of imidazole rings is 3. The third-order valence-electron chi connectivity index (χ3n) is 6.18. The normalized spacial score (nSPS) is 11.2. The van der Waals surface area contributed by atoms with Crippen molar-refractivity contribution in [1.29, 1.82) is 0 Å². The van der Waals surface area contributed by atoms with Crippen molar-refractivity contribution in [3.05, 3.63) is 90.3 Å². The number of nitrogens with one attached hydrogen (secondary N) is 1. The largest absolute Gasteiger partial charge is 0.443 e. The molecular formula is C34H34N6O7. The minimum atomic E-state index is -0.573. The Labute approximate surface area is 269 Å². The van der Waals surface area contributed by atoms with Gasteiger partial charge >= 0.3 is 12.2 Å². The number of nitrogens with zero attached hydrogens (tertiary/aromatic N) is 5. The Hall–Kier alpha value is -5.98. The first-order valence-electron chi connectivity index (χ1n) is 14.4. The molecule has 3 aromatic heterocycles. The molecule has 13 nitrogen and oxygen atoms in total. The lowest BCUT2D eigenvalue weighted by atomic mass is 10.2. The number of hydrogen-bond donors (Lipinski definition) is 1. The summed E-state index contributed by atoms with van der Waals surface area (Å²) in [7, 11) is 0. The zero-order valence-corrected chi connectivity index (χ0v) is 26.8. The van der Waals surface area contributed by atoms with Crippen LogP contribution in [0.15, 0.2) is 73.6 Å². The van der Waals surface area contributed by atoms with E-state index >= 15 is 0 Å². The SMILES string of the molecule is CC(C)(C)OC(=O)n1cnc2cc(C=O)ccc21.CC(C)(C)OC(=O)n1cnc2ccc(C=O)cc21.O=Cc1ccc2nc[nH]c2c1. The standard InChI is InChI=1S/2C13H14N2O3.C8H6N2O/c1-13(2,3)18-12(17)15-8-14-10-6-9(7-16)4-5-11(10)15;1-13(2,3)18-12(17)15-8-14-10-5-4-9(7-16)6-11(10)15;11-4-6-1-2-7-8(3-6)10-5-9-7/h2*4-8H,1-3H3;1-5H,(H,9,10). The summed E-state index contributed by atoms with van der Waals surface area (Å²) in [6.07, 6.45) is 5.70. The summed E-state index contributed by atoms with van der Waals surface area (Å²) in [6.45, 7) is 10.8. The Morgan fingerprint density at radius 2 is 1.11 bits per heavy atom. The Morgan fingerprint density at radius 1 is 0.617 bits per heavy atom. The Morgan fingerprint density at radius 3 is 1.68 bits per heavy atom. The molecule has 0 aliphatic rings. The fourth-order valence-electron chi connectivity index (χ4n) is 4.14. The topological polar surface area (TPSA) is 168 Å². The number of ether oxygens (including phenoxy) is 2. The second-order valence-corrected chi connectivity index (χ2v) is 12.2. The van der Waals surface area contributed by atoms with Gasteiger partial charge in [-0.2, -0.15) is 0 Å². The van der Waals surface area contributed by atoms with E-state index in [1.807, 2.05) is 6.07 Å². The molecule has 6 aromatic rings. The molecule has 6 rings (SSSR count). The molecule has 1 N–H and O–H groups in total. The molecule has 3 heterocycles. The Bertz CT molecular complexity index is 2080. The summed E-state index contributed by atoms with van der Waals surface area (Å²) in [5.41, 5.74) is 4.75. The van der Waals surface area contributed by atoms with E-state index in [0.717, 1.165) is 29.9 Å². The number of benzene rings is 3. The lowest BCUT2D eigenvalue weighted by molar-refractivity contribution is 0.0532. The molecule has 0 saturated heterocycles. The lowest BCUT2D eigenvalue weighted by Gasteiger charge is -2.19. The first kappa shape index (κ1) is 33.9. The summed E-state index contributed by atoms with van der Waals surface area (Å²) < 4.78 is 13.1. The van der Waals surface area contributed by atoms with Crippen molar-refractivity contribution < 1.29 is 33.4 Å². The minimum absolute atomic E-state index is 0.483. The van der Waals surface area contributed by atoms with Gasteiger partial charge < -0.3 is 14.5 Å². The predicted molar refractivity (Wildman–Crippen MR) is 175 cm³/mol. The molecule has 3 aromatic carbocycles. The highest BCUT2D eigenvalue weighted by atomic mass is 16.6. The van der Waals surface area contributed by atoms with E-state index in [-0.39, 0.29) is 0 Å². The van der Waals surface area contributed by atoms with Gasteiger partial charge in [0.2, 0.25) is 0 Å². The molecule has 0 bridgehead atoms. The maximum Gasteiger partial charge on any atom is 0.420 e. The van der Waals surface area contributed by atoms with Gasteiger partial charge in [0.05, 0.1) is 39.4 Å². The van der Waals surface area contributed by atoms with Crippen molar-refractivity contribution in [3.8, 4) is 0 Å². The highest BCUT2D eigenvalue weighted by molar-refractivity contribution is 5.91. The summed E-state index contributed by atoms with van der Waals surface area (Å²) >= 11 is 0. The second kappa shape index (κ2) is 14.0. The van der Waals surface area contributed by atoms with Crippen LogP contribution in [0.25, 0.3) is 33.1 Å². The number of H-pyrrole nitrogens is 1. The fraction of sp³-hybridized carbons (Fsp3) is 0.235. The summed E-state index contributed by atoms with van der Waals surface area (Å²) in [5, 5.41) is 0. The molecule has 0 unspecified atom stereocenters. The molecule has 13 heteroatoms. The van der Waals surface area contributed by atoms with Crippen LogP contribution in [0.2, 0.25) is 0 Å². The quantitative estimate of drug-likeness (QED) is 0.207. The smallest absolute Gasteiger partial charge is 0.420 e. The highest BCUT2D eigenvalue weighted by Crippen LogP contribution is 2.18. The highest BCUT2D eigenvalue weighted by Gasteiger charge is 2.20. The summed E-state index contributed by atoms with van der Waals surface area (Å²) in [4.78, 5) is 70.7. The summed E-state index contributed by atoms with van der Waals surface area (Å²) in [6, 6.07) is 15.2. The summed E-state index contributed by atoms with van der Waals surface area (Å²) in [5.74, 6) is 0. The molecular weight excluding hydrogens is 604 g/mol. The molecule has 0 aliphatic heterocycles. The third-order valence-corrected chi connectivity index (χ3v) is 6.18. The van der Waals surface area contributed by atoms with Crippen LogP contribution in [0, 0.1) is 0 Å². The van der Waals surface area contributed by atoms with Gasteiger partial charge in [0, 0.05) is 16.7 Å². The molecule has 0 atom stereocenters. The van der Waals surface area contributed by atoms with Crippen LogP contribution < -0.4 is 0 Å². The van der Waals surface area contributed by atoms with E-state index in [4.69, 9.17) is 9.47 Å². The number of rotatable bonds is 3. The van der Waals surface area contributed by atoms with E-state index in [1.165, 1.54) is 21.8 Å². The Balaban J connectivity index is 0.000000164. The van der Waals surface area contributed by atoms with Crippen LogP contribution in [0.1, 0.15) is 72.6 Å². The van der Waals surface area contributed by atoms with Crippen LogP contribution in [0.3, 0.4) is 0 Å². The monoisotopic (exact) mass is 638 g/mol. The van der Waals surface area contributed by atoms with Crippen LogP contribution in [-0.4, -0.2) is 71.3 Å². The second-order valence-electron chi connectivity index (χ2n) is 12.2. The number of aldehydes is 3. The molecule has 0 spiro atoms. The van der Waals surface area contributed by atoms with Crippen LogP contribution in [-0.2, 0) is 9.47 Å². The zero-order chi connectivity index (χ0) is 34.4. The van der Waals surface area contributed by atoms with E-state index < -0.39 is 23.4 Å². The van der Waals surface area contributed by atoms with Gasteiger partial charge in [-0.1, -0.05) is 0 Å². The number of carbonyl (C=O) groups is 5. The van der Waals surface area contributed by atoms with E-state index in [9.17, 15) is 24.0 Å². The van der Waals surface area contributed by atoms with Crippen molar-refractivity contribution >= 4 is 64.1 Å². The maximum atomic E-state index is 11.9. The van der Waals surface area contributed by atoms with E-state index in [1.54, 1.807) is 96.4 Å². The average Bonchev–Trinajstić information content (AvgIpc) is 3.77. The van der Waals surface area contributed by atoms with Gasteiger partial charge in [0.1, 0.15) is 42.7 Å². The Kier molecular flexibility index (Phi) is 10.1. The molecule has 0 amide bonds. The number of hydrogen-bond acceptors (Lipinski definition) is 10. The van der Waals surface area contributed by atoms with Gasteiger partial charge in [-0.25, -0.2) is 33.7 Å². The van der Waals surface area contributed by atoms with Crippen molar-refractivity contribution in [2.75, 3.05) is 0 Å². The molecule has 47 heavy (non-hydrogen) atoms. The molecule has 0 saturated carbocycles. The first-order chi connectivity index (χ1) is 22.2. The lowest BCUT2D eigenvalue weighted by Crippen LogP contribution is -2.26. The van der Waals surface area contributed by atoms with Crippen molar-refractivity contribution in [1.82, 2.24) is 29.1 Å². The zero-order valence-electron chi connectivity index (χ0n) is 26.8. The predicted octanol–water partition coefficient (Wildman–Crippen LogP) is 6.64. The number of aromatic nitrogens is 6. The first-order valence-corrected chi connectivity index (χ1v) is 14.4. The number of carbonyl (C=O) groups excluding carboxylic acids is 5. The molecule has 0 radical (unpaired) electrons. The third kappa shape index (κ3) is 8.81. The van der Waals surface area contributed by atoms with Gasteiger partial charge in [0.25, 0.3) is 0 Å². The van der Waals surface area contributed by atoms with Gasteiger partial charge in [0.15, 0.2) is 0 Å². The van der Waals surface area contributed by atoms with Gasteiger partial charge in [-0.3, -0.25) is 14.4 Å². The minimum Gasteiger partial charge on any atom is -0.443 e. The molecule has 0 fully saturated rings. The van der Waals surface area contributed by atoms with Gasteiger partial charge in [-0.15, -0.1) is 0 Å². The number of aromatic amines is 1. The molecule has 0 aliphatic carbocycles. The van der Waals surface area contributed by atoms with E-state index in [0.29, 0.717) is 38.8 Å². The van der Waals surface area contributed by atoms with Gasteiger partial charge in [-0.05, 0) is 96.1 Å². The maximum absolute atomic E-state index is 11.9. The molecule has 242 valence electrons. The number of fused-ring (bicyclic) bond motifs is 3.